The molecule has 0 aliphatic heterocycles. The summed E-state index contributed by atoms with van der Waals surface area (Å²) in [4.78, 5) is 27.6. The maximum absolute atomic E-state index is 12.7. The van der Waals surface area contributed by atoms with Crippen LogP contribution >= 0.6 is 0 Å². The normalized spacial score (nSPS) is 19.8. The van der Waals surface area contributed by atoms with E-state index in [1.807, 2.05) is 0 Å². The fourth-order valence-electron chi connectivity index (χ4n) is 3.39. The van der Waals surface area contributed by atoms with Crippen LogP contribution in [-0.4, -0.2) is 81.2 Å². The number of likely N-dealkylation sites (N-methyl/N-ethyl adjacent to an activating group) is 1. The number of sulfonamides is 1. The zero-order valence-corrected chi connectivity index (χ0v) is 17.6. The number of carbonyl (C=O) groups is 2. The zero-order chi connectivity index (χ0) is 21.1. The Morgan fingerprint density at radius 1 is 1.07 bits per heavy atom. The molecule has 28 heavy (non-hydrogen) atoms. The molecular formula is C19H29N3O5S. The van der Waals surface area contributed by atoms with Crippen molar-refractivity contribution >= 4 is 27.5 Å². The van der Waals surface area contributed by atoms with Crippen LogP contribution in [-0.2, 0) is 14.8 Å². The first-order valence-electron chi connectivity index (χ1n) is 9.25. The topological polar surface area (TPSA) is 98.2 Å². The van der Waals surface area contributed by atoms with Crippen molar-refractivity contribution in [3.05, 3.63) is 29.8 Å². The van der Waals surface area contributed by atoms with Gasteiger partial charge in [0.15, 0.2) is 0 Å². The predicted molar refractivity (Wildman–Crippen MR) is 108 cm³/mol. The summed E-state index contributed by atoms with van der Waals surface area (Å²) in [6, 6.07) is 5.80. The quantitative estimate of drug-likeness (QED) is 0.751. The van der Waals surface area contributed by atoms with Gasteiger partial charge in [0.2, 0.25) is 15.9 Å². The van der Waals surface area contributed by atoms with E-state index in [1.54, 1.807) is 21.1 Å². The van der Waals surface area contributed by atoms with Crippen LogP contribution in [0.2, 0.25) is 0 Å². The van der Waals surface area contributed by atoms with Crippen molar-refractivity contribution in [3.8, 4) is 0 Å². The second-order valence-electron chi connectivity index (χ2n) is 7.44. The molecule has 1 aliphatic carbocycles. The largest absolute Gasteiger partial charge is 0.391 e. The van der Waals surface area contributed by atoms with Gasteiger partial charge in [-0.1, -0.05) is 12.8 Å². The summed E-state index contributed by atoms with van der Waals surface area (Å²) in [5.41, 5.74) is 0.736. The van der Waals surface area contributed by atoms with E-state index in [1.165, 1.54) is 34.1 Å². The molecule has 1 fully saturated rings. The van der Waals surface area contributed by atoms with Crippen molar-refractivity contribution in [2.75, 3.05) is 38.2 Å². The molecule has 1 N–H and O–H groups in total. The van der Waals surface area contributed by atoms with Gasteiger partial charge in [-0.25, -0.2) is 8.42 Å². The Morgan fingerprint density at radius 2 is 1.64 bits per heavy atom. The van der Waals surface area contributed by atoms with E-state index in [4.69, 9.17) is 0 Å². The molecule has 0 aromatic heterocycles. The first-order valence-corrected chi connectivity index (χ1v) is 11.1. The van der Waals surface area contributed by atoms with Gasteiger partial charge in [-0.15, -0.1) is 0 Å². The Hall–Kier alpha value is -2.13. The second kappa shape index (κ2) is 8.91. The van der Waals surface area contributed by atoms with Gasteiger partial charge in [0.05, 0.1) is 24.1 Å². The van der Waals surface area contributed by atoms with Gasteiger partial charge in [0.1, 0.15) is 6.54 Å². The van der Waals surface area contributed by atoms with Crippen LogP contribution in [0.25, 0.3) is 0 Å². The molecule has 0 heterocycles. The maximum atomic E-state index is 12.7. The fraction of sp³-hybridized carbons (Fsp3) is 0.579. The molecule has 0 bridgehead atoms. The number of rotatable bonds is 6. The van der Waals surface area contributed by atoms with Crippen LogP contribution in [0.1, 0.15) is 36.0 Å². The Kier molecular flexibility index (Phi) is 7.06. The van der Waals surface area contributed by atoms with Gasteiger partial charge >= 0.3 is 0 Å². The van der Waals surface area contributed by atoms with Crippen molar-refractivity contribution in [2.45, 2.75) is 37.8 Å². The van der Waals surface area contributed by atoms with E-state index in [2.05, 4.69) is 0 Å². The Balaban J connectivity index is 2.20. The number of anilines is 1. The van der Waals surface area contributed by atoms with Crippen LogP contribution < -0.4 is 4.31 Å². The Morgan fingerprint density at radius 3 is 2.14 bits per heavy atom. The lowest BCUT2D eigenvalue weighted by Crippen LogP contribution is -2.50. The molecule has 0 radical (unpaired) electrons. The highest BCUT2D eigenvalue weighted by Gasteiger charge is 2.31. The Labute approximate surface area is 166 Å². The minimum atomic E-state index is -3.71. The number of hydrogen-bond donors (Lipinski definition) is 1. The summed E-state index contributed by atoms with van der Waals surface area (Å²) < 4.78 is 25.6. The summed E-state index contributed by atoms with van der Waals surface area (Å²) in [6.45, 7) is -0.362. The van der Waals surface area contributed by atoms with E-state index in [9.17, 15) is 23.1 Å². The molecule has 1 aliphatic rings. The number of benzene rings is 1. The third-order valence-electron chi connectivity index (χ3n) is 5.07. The lowest BCUT2D eigenvalue weighted by atomic mass is 9.91. The average Bonchev–Trinajstić information content (AvgIpc) is 2.64. The number of nitrogens with zero attached hydrogens (tertiary/aromatic N) is 3. The summed E-state index contributed by atoms with van der Waals surface area (Å²) >= 11 is 0. The molecule has 2 rings (SSSR count). The van der Waals surface area contributed by atoms with E-state index in [0.717, 1.165) is 23.4 Å². The molecule has 1 saturated carbocycles. The first kappa shape index (κ1) is 22.2. The van der Waals surface area contributed by atoms with Crippen LogP contribution in [0.5, 0.6) is 0 Å². The SMILES string of the molecule is CN(C)C(=O)c1ccc(N(CC(=O)N(C)C2CCCCC2O)S(C)(=O)=O)cc1. The smallest absolute Gasteiger partial charge is 0.253 e. The molecule has 9 heteroatoms. The standard InChI is InChI=1S/C19H29N3O5S/c1-20(2)19(25)14-9-11-15(12-10-14)22(28(4,26)27)13-18(24)21(3)16-7-5-6-8-17(16)23/h9-12,16-17,23H,5-8,13H2,1-4H3. The van der Waals surface area contributed by atoms with Gasteiger partial charge in [0, 0.05) is 26.7 Å². The third-order valence-corrected chi connectivity index (χ3v) is 6.21. The molecule has 156 valence electrons. The number of hydrogen-bond acceptors (Lipinski definition) is 5. The Bertz CT molecular complexity index is 807. The highest BCUT2D eigenvalue weighted by molar-refractivity contribution is 7.92. The molecule has 8 nitrogen and oxygen atoms in total. The van der Waals surface area contributed by atoms with Crippen molar-refractivity contribution in [1.29, 1.82) is 0 Å². The van der Waals surface area contributed by atoms with Gasteiger partial charge in [-0.3, -0.25) is 13.9 Å². The fourth-order valence-corrected chi connectivity index (χ4v) is 4.24. The van der Waals surface area contributed by atoms with Gasteiger partial charge in [-0.2, -0.15) is 0 Å². The second-order valence-corrected chi connectivity index (χ2v) is 9.35. The minimum Gasteiger partial charge on any atom is -0.391 e. The molecule has 0 spiro atoms. The van der Waals surface area contributed by atoms with E-state index in [0.29, 0.717) is 24.1 Å². The van der Waals surface area contributed by atoms with E-state index >= 15 is 0 Å². The summed E-state index contributed by atoms with van der Waals surface area (Å²) in [7, 11) is 1.15. The van der Waals surface area contributed by atoms with Crippen molar-refractivity contribution in [3.63, 3.8) is 0 Å². The molecular weight excluding hydrogens is 382 g/mol. The monoisotopic (exact) mass is 411 g/mol. The average molecular weight is 412 g/mol. The van der Waals surface area contributed by atoms with Crippen molar-refractivity contribution in [1.82, 2.24) is 9.80 Å². The lowest BCUT2D eigenvalue weighted by molar-refractivity contribution is -0.133. The van der Waals surface area contributed by atoms with Crippen LogP contribution in [0.3, 0.4) is 0 Å². The first-order chi connectivity index (χ1) is 13.0. The maximum Gasteiger partial charge on any atom is 0.253 e. The van der Waals surface area contributed by atoms with Crippen LogP contribution in [0, 0.1) is 0 Å². The molecule has 1 aromatic carbocycles. The van der Waals surface area contributed by atoms with E-state index < -0.39 is 16.1 Å². The summed E-state index contributed by atoms with van der Waals surface area (Å²) in [5.74, 6) is -0.579. The lowest BCUT2D eigenvalue weighted by Gasteiger charge is -2.36. The minimum absolute atomic E-state index is 0.195. The van der Waals surface area contributed by atoms with Crippen molar-refractivity contribution < 1.29 is 23.1 Å². The van der Waals surface area contributed by atoms with Crippen LogP contribution in [0.15, 0.2) is 24.3 Å². The molecule has 2 amide bonds. The number of aliphatic hydroxyl groups excluding tert-OH is 1. The van der Waals surface area contributed by atoms with Gasteiger partial charge < -0.3 is 14.9 Å². The van der Waals surface area contributed by atoms with Crippen LogP contribution in [0.4, 0.5) is 5.69 Å². The highest BCUT2D eigenvalue weighted by Crippen LogP contribution is 2.24. The molecule has 2 atom stereocenters. The van der Waals surface area contributed by atoms with Gasteiger partial charge in [0.25, 0.3) is 5.91 Å². The number of aliphatic hydroxyl groups is 1. The summed E-state index contributed by atoms with van der Waals surface area (Å²) in [5, 5.41) is 10.2. The third kappa shape index (κ3) is 5.23. The predicted octanol–water partition coefficient (Wildman–Crippen LogP) is 0.916. The summed E-state index contributed by atoms with van der Waals surface area (Å²) in [6.07, 6.45) is 3.63. The zero-order valence-electron chi connectivity index (χ0n) is 16.8. The number of amides is 2. The molecule has 1 aromatic rings. The highest BCUT2D eigenvalue weighted by atomic mass is 32.2. The molecule has 0 saturated heterocycles. The van der Waals surface area contributed by atoms with E-state index in [-0.39, 0.29) is 24.4 Å². The van der Waals surface area contributed by atoms with Crippen molar-refractivity contribution in [2.24, 2.45) is 0 Å². The molecule has 2 unspecified atom stereocenters. The number of carbonyl (C=O) groups excluding carboxylic acids is 2. The van der Waals surface area contributed by atoms with Gasteiger partial charge in [-0.05, 0) is 37.1 Å².